The fourth-order valence-electron chi connectivity index (χ4n) is 2.55. The fraction of sp³-hybridized carbons (Fsp3) is 0.375. The highest BCUT2D eigenvalue weighted by molar-refractivity contribution is 5.65. The third kappa shape index (κ3) is 2.65. The van der Waals surface area contributed by atoms with Gasteiger partial charge in [-0.3, -0.25) is 0 Å². The van der Waals surface area contributed by atoms with Crippen LogP contribution >= 0.6 is 0 Å². The van der Waals surface area contributed by atoms with Crippen LogP contribution in [0, 0.1) is 0 Å². The Morgan fingerprint density at radius 1 is 1.15 bits per heavy atom. The van der Waals surface area contributed by atoms with Crippen molar-refractivity contribution in [1.82, 2.24) is 15.3 Å². The molecule has 3 rings (SSSR count). The van der Waals surface area contributed by atoms with Crippen LogP contribution in [-0.2, 0) is 6.42 Å². The average molecular weight is 268 g/mol. The lowest BCUT2D eigenvalue weighted by atomic mass is 10.0. The summed E-state index contributed by atoms with van der Waals surface area (Å²) in [5.41, 5.74) is 3.46. The summed E-state index contributed by atoms with van der Waals surface area (Å²) in [5, 5.41) is 3.35. The van der Waals surface area contributed by atoms with Crippen molar-refractivity contribution in [2.75, 3.05) is 31.1 Å². The zero-order chi connectivity index (χ0) is 13.8. The first kappa shape index (κ1) is 13.1. The molecule has 0 saturated carbocycles. The number of benzene rings is 1. The van der Waals surface area contributed by atoms with Gasteiger partial charge in [-0.1, -0.05) is 37.3 Å². The van der Waals surface area contributed by atoms with E-state index in [9.17, 15) is 0 Å². The van der Waals surface area contributed by atoms with Gasteiger partial charge in [-0.25, -0.2) is 9.97 Å². The largest absolute Gasteiger partial charge is 0.338 e. The molecule has 0 atom stereocenters. The van der Waals surface area contributed by atoms with E-state index in [0.29, 0.717) is 0 Å². The topological polar surface area (TPSA) is 41.1 Å². The second-order valence-electron chi connectivity index (χ2n) is 4.99. The lowest BCUT2D eigenvalue weighted by Gasteiger charge is -2.27. The summed E-state index contributed by atoms with van der Waals surface area (Å²) in [6.07, 6.45) is 2.89. The smallest absolute Gasteiger partial charge is 0.225 e. The lowest BCUT2D eigenvalue weighted by Crippen LogP contribution is -2.44. The van der Waals surface area contributed by atoms with E-state index in [0.717, 1.165) is 49.8 Å². The van der Waals surface area contributed by atoms with Gasteiger partial charge in [0.15, 0.2) is 0 Å². The summed E-state index contributed by atoms with van der Waals surface area (Å²) in [7, 11) is 0. The second kappa shape index (κ2) is 6.01. The SMILES string of the molecule is CCc1nc(N2CCNCC2)ncc1-c1ccccc1. The van der Waals surface area contributed by atoms with Gasteiger partial charge in [-0.15, -0.1) is 0 Å². The van der Waals surface area contributed by atoms with Gasteiger partial charge in [-0.2, -0.15) is 0 Å². The van der Waals surface area contributed by atoms with Gasteiger partial charge >= 0.3 is 0 Å². The first-order chi connectivity index (χ1) is 9.88. The van der Waals surface area contributed by atoms with Gasteiger partial charge in [0.25, 0.3) is 0 Å². The molecular weight excluding hydrogens is 248 g/mol. The number of anilines is 1. The van der Waals surface area contributed by atoms with E-state index in [-0.39, 0.29) is 0 Å². The predicted octanol–water partition coefficient (Wildman–Crippen LogP) is 2.12. The molecule has 0 unspecified atom stereocenters. The first-order valence-electron chi connectivity index (χ1n) is 7.25. The van der Waals surface area contributed by atoms with Crippen molar-refractivity contribution in [2.45, 2.75) is 13.3 Å². The van der Waals surface area contributed by atoms with Gasteiger partial charge < -0.3 is 10.2 Å². The Balaban J connectivity index is 1.93. The second-order valence-corrected chi connectivity index (χ2v) is 4.99. The molecule has 1 N–H and O–H groups in total. The number of piperazine rings is 1. The molecule has 0 amide bonds. The highest BCUT2D eigenvalue weighted by atomic mass is 15.3. The van der Waals surface area contributed by atoms with Gasteiger partial charge in [0.2, 0.25) is 5.95 Å². The Labute approximate surface area is 119 Å². The molecule has 0 spiro atoms. The Morgan fingerprint density at radius 3 is 2.60 bits per heavy atom. The van der Waals surface area contributed by atoms with Gasteiger partial charge in [0, 0.05) is 37.9 Å². The molecule has 1 aromatic heterocycles. The molecule has 0 radical (unpaired) electrons. The normalized spacial score (nSPS) is 15.3. The number of aryl methyl sites for hydroxylation is 1. The number of hydrogen-bond acceptors (Lipinski definition) is 4. The molecule has 1 aliphatic rings. The summed E-state index contributed by atoms with van der Waals surface area (Å²) < 4.78 is 0. The Bertz CT molecular complexity index is 562. The number of nitrogens with one attached hydrogen (secondary N) is 1. The van der Waals surface area contributed by atoms with Crippen LogP contribution in [0.5, 0.6) is 0 Å². The molecule has 0 aliphatic carbocycles. The third-order valence-corrected chi connectivity index (χ3v) is 3.67. The van der Waals surface area contributed by atoms with Crippen molar-refractivity contribution >= 4 is 5.95 Å². The van der Waals surface area contributed by atoms with E-state index in [1.165, 1.54) is 5.56 Å². The van der Waals surface area contributed by atoms with Crippen molar-refractivity contribution in [3.05, 3.63) is 42.2 Å². The van der Waals surface area contributed by atoms with Crippen molar-refractivity contribution in [3.63, 3.8) is 0 Å². The molecule has 1 saturated heterocycles. The van der Waals surface area contributed by atoms with E-state index in [2.05, 4.69) is 46.4 Å². The minimum absolute atomic E-state index is 0.864. The molecule has 1 aromatic carbocycles. The monoisotopic (exact) mass is 268 g/mol. The van der Waals surface area contributed by atoms with Crippen LogP contribution in [0.25, 0.3) is 11.1 Å². The molecule has 4 heteroatoms. The average Bonchev–Trinajstić information content (AvgIpc) is 2.56. The molecule has 2 heterocycles. The molecule has 1 aliphatic heterocycles. The summed E-state index contributed by atoms with van der Waals surface area (Å²) in [6.45, 7) is 6.12. The molecular formula is C16H20N4. The van der Waals surface area contributed by atoms with Crippen LogP contribution in [0.15, 0.2) is 36.5 Å². The molecule has 0 bridgehead atoms. The van der Waals surface area contributed by atoms with Crippen LogP contribution in [0.4, 0.5) is 5.95 Å². The van der Waals surface area contributed by atoms with Crippen LogP contribution in [0.1, 0.15) is 12.6 Å². The van der Waals surface area contributed by atoms with E-state index >= 15 is 0 Å². The summed E-state index contributed by atoms with van der Waals surface area (Å²) in [5.74, 6) is 0.864. The van der Waals surface area contributed by atoms with E-state index in [1.54, 1.807) is 0 Å². The minimum atomic E-state index is 0.864. The fourth-order valence-corrected chi connectivity index (χ4v) is 2.55. The lowest BCUT2D eigenvalue weighted by molar-refractivity contribution is 0.579. The minimum Gasteiger partial charge on any atom is -0.338 e. The van der Waals surface area contributed by atoms with Crippen LogP contribution in [-0.4, -0.2) is 36.1 Å². The number of rotatable bonds is 3. The van der Waals surface area contributed by atoms with E-state index < -0.39 is 0 Å². The van der Waals surface area contributed by atoms with Crippen LogP contribution < -0.4 is 10.2 Å². The van der Waals surface area contributed by atoms with Crippen molar-refractivity contribution in [2.24, 2.45) is 0 Å². The summed E-state index contributed by atoms with van der Waals surface area (Å²) >= 11 is 0. The van der Waals surface area contributed by atoms with E-state index in [4.69, 9.17) is 4.98 Å². The van der Waals surface area contributed by atoms with Gasteiger partial charge in [0.05, 0.1) is 5.69 Å². The zero-order valence-electron chi connectivity index (χ0n) is 11.8. The molecule has 2 aromatic rings. The Kier molecular flexibility index (Phi) is 3.92. The number of nitrogens with zero attached hydrogens (tertiary/aromatic N) is 3. The highest BCUT2D eigenvalue weighted by Crippen LogP contribution is 2.23. The Hall–Kier alpha value is -1.94. The maximum atomic E-state index is 4.78. The first-order valence-corrected chi connectivity index (χ1v) is 7.25. The zero-order valence-corrected chi connectivity index (χ0v) is 11.8. The maximum absolute atomic E-state index is 4.78. The van der Waals surface area contributed by atoms with Crippen molar-refractivity contribution in [1.29, 1.82) is 0 Å². The number of aromatic nitrogens is 2. The standard InChI is InChI=1S/C16H20N4/c1-2-15-14(13-6-4-3-5-7-13)12-18-16(19-15)20-10-8-17-9-11-20/h3-7,12,17H,2,8-11H2,1H3. The maximum Gasteiger partial charge on any atom is 0.225 e. The quantitative estimate of drug-likeness (QED) is 0.925. The van der Waals surface area contributed by atoms with E-state index in [1.807, 2.05) is 12.3 Å². The molecule has 1 fully saturated rings. The van der Waals surface area contributed by atoms with Gasteiger partial charge in [-0.05, 0) is 12.0 Å². The van der Waals surface area contributed by atoms with Crippen LogP contribution in [0.3, 0.4) is 0 Å². The third-order valence-electron chi connectivity index (χ3n) is 3.67. The highest BCUT2D eigenvalue weighted by Gasteiger charge is 2.15. The molecule has 20 heavy (non-hydrogen) atoms. The summed E-state index contributed by atoms with van der Waals surface area (Å²) in [6, 6.07) is 10.4. The summed E-state index contributed by atoms with van der Waals surface area (Å²) in [4.78, 5) is 11.6. The molecule has 104 valence electrons. The van der Waals surface area contributed by atoms with Crippen molar-refractivity contribution in [3.8, 4) is 11.1 Å². The van der Waals surface area contributed by atoms with Crippen molar-refractivity contribution < 1.29 is 0 Å². The van der Waals surface area contributed by atoms with Crippen LogP contribution in [0.2, 0.25) is 0 Å². The number of hydrogen-bond donors (Lipinski definition) is 1. The predicted molar refractivity (Wildman–Crippen MR) is 81.9 cm³/mol. The van der Waals surface area contributed by atoms with Gasteiger partial charge in [0.1, 0.15) is 0 Å². The molecule has 4 nitrogen and oxygen atoms in total. The Morgan fingerprint density at radius 2 is 1.90 bits per heavy atom.